The standard InChI is InChI=1S/C16H21N5O3/c1-11-9-13-18-19-14(10-23-2)21(13)8-7-20(11)16(22)12-5-4-6-17-15(12)24-3/h4-6,11H,7-10H2,1-3H3/t11-/m1/s1. The van der Waals surface area contributed by atoms with E-state index >= 15 is 0 Å². The summed E-state index contributed by atoms with van der Waals surface area (Å²) < 4.78 is 12.4. The van der Waals surface area contributed by atoms with Gasteiger partial charge < -0.3 is 18.9 Å². The van der Waals surface area contributed by atoms with Crippen LogP contribution in [0.5, 0.6) is 5.88 Å². The van der Waals surface area contributed by atoms with Crippen molar-refractivity contribution in [2.75, 3.05) is 20.8 Å². The molecule has 0 fully saturated rings. The minimum Gasteiger partial charge on any atom is -0.480 e. The summed E-state index contributed by atoms with van der Waals surface area (Å²) in [5, 5.41) is 8.42. The fraction of sp³-hybridized carbons (Fsp3) is 0.500. The summed E-state index contributed by atoms with van der Waals surface area (Å²) in [5.41, 5.74) is 0.474. The Bertz CT molecular complexity index is 730. The number of pyridine rings is 1. The molecule has 3 rings (SSSR count). The lowest BCUT2D eigenvalue weighted by molar-refractivity contribution is 0.0690. The number of carbonyl (C=O) groups is 1. The monoisotopic (exact) mass is 331 g/mol. The van der Waals surface area contributed by atoms with Gasteiger partial charge in [-0.1, -0.05) is 0 Å². The Morgan fingerprint density at radius 3 is 2.92 bits per heavy atom. The molecule has 128 valence electrons. The fourth-order valence-corrected chi connectivity index (χ4v) is 2.99. The summed E-state index contributed by atoms with van der Waals surface area (Å²) in [4.78, 5) is 18.9. The molecule has 2 aromatic rings. The molecular formula is C16H21N5O3. The highest BCUT2D eigenvalue weighted by Gasteiger charge is 2.29. The van der Waals surface area contributed by atoms with E-state index in [1.54, 1.807) is 25.4 Å². The molecule has 0 saturated carbocycles. The average Bonchev–Trinajstić information content (AvgIpc) is 2.88. The maximum Gasteiger partial charge on any atom is 0.259 e. The fourth-order valence-electron chi connectivity index (χ4n) is 2.99. The van der Waals surface area contributed by atoms with E-state index < -0.39 is 0 Å². The summed E-state index contributed by atoms with van der Waals surface area (Å²) in [7, 11) is 3.15. The molecule has 8 heteroatoms. The normalized spacial score (nSPS) is 17.3. The Morgan fingerprint density at radius 1 is 1.33 bits per heavy atom. The van der Waals surface area contributed by atoms with Crippen molar-refractivity contribution in [1.82, 2.24) is 24.6 Å². The minimum atomic E-state index is -0.0838. The molecule has 0 unspecified atom stereocenters. The zero-order valence-corrected chi connectivity index (χ0v) is 14.1. The molecule has 0 N–H and O–H groups in total. The van der Waals surface area contributed by atoms with Crippen LogP contribution in [-0.2, 0) is 24.3 Å². The molecule has 0 spiro atoms. The quantitative estimate of drug-likeness (QED) is 0.828. The van der Waals surface area contributed by atoms with E-state index in [-0.39, 0.29) is 11.9 Å². The number of rotatable bonds is 4. The number of fused-ring (bicyclic) bond motifs is 1. The van der Waals surface area contributed by atoms with Crippen molar-refractivity contribution >= 4 is 5.91 Å². The van der Waals surface area contributed by atoms with Crippen LogP contribution in [0.2, 0.25) is 0 Å². The Kier molecular flexibility index (Phi) is 4.75. The first-order chi connectivity index (χ1) is 11.7. The molecular weight excluding hydrogens is 310 g/mol. The van der Waals surface area contributed by atoms with Crippen LogP contribution in [0.3, 0.4) is 0 Å². The second-order valence-electron chi connectivity index (χ2n) is 5.73. The van der Waals surface area contributed by atoms with Crippen LogP contribution in [0.1, 0.15) is 28.9 Å². The van der Waals surface area contributed by atoms with Crippen LogP contribution >= 0.6 is 0 Å². The van der Waals surface area contributed by atoms with Gasteiger partial charge in [-0.3, -0.25) is 4.79 Å². The Morgan fingerprint density at radius 2 is 2.17 bits per heavy atom. The van der Waals surface area contributed by atoms with Gasteiger partial charge in [0, 0.05) is 38.9 Å². The molecule has 0 radical (unpaired) electrons. The molecule has 2 aromatic heterocycles. The largest absolute Gasteiger partial charge is 0.480 e. The first-order valence-electron chi connectivity index (χ1n) is 7.85. The molecule has 1 aliphatic heterocycles. The van der Waals surface area contributed by atoms with Crippen LogP contribution in [0, 0.1) is 0 Å². The number of aromatic nitrogens is 4. The second-order valence-corrected chi connectivity index (χ2v) is 5.73. The number of carbonyl (C=O) groups excluding carboxylic acids is 1. The third-order valence-electron chi connectivity index (χ3n) is 4.21. The predicted octanol–water partition coefficient (Wildman–Crippen LogP) is 0.915. The number of amides is 1. The molecule has 1 atom stereocenters. The summed E-state index contributed by atoms with van der Waals surface area (Å²) in [5.74, 6) is 1.92. The number of nitrogens with zero attached hydrogens (tertiary/aromatic N) is 5. The molecule has 0 saturated heterocycles. The highest BCUT2D eigenvalue weighted by atomic mass is 16.5. The Labute approximate surface area is 140 Å². The summed E-state index contributed by atoms with van der Waals surface area (Å²) in [6.07, 6.45) is 2.25. The molecule has 24 heavy (non-hydrogen) atoms. The van der Waals surface area contributed by atoms with Crippen LogP contribution < -0.4 is 4.74 Å². The molecule has 0 aliphatic carbocycles. The Hall–Kier alpha value is -2.48. The van der Waals surface area contributed by atoms with E-state index in [0.29, 0.717) is 37.6 Å². The van der Waals surface area contributed by atoms with Gasteiger partial charge in [-0.25, -0.2) is 4.98 Å². The smallest absolute Gasteiger partial charge is 0.259 e. The van der Waals surface area contributed by atoms with E-state index in [1.807, 2.05) is 16.4 Å². The third kappa shape index (κ3) is 2.96. The van der Waals surface area contributed by atoms with Gasteiger partial charge in [-0.15, -0.1) is 10.2 Å². The number of ether oxygens (including phenoxy) is 2. The van der Waals surface area contributed by atoms with Gasteiger partial charge >= 0.3 is 0 Å². The van der Waals surface area contributed by atoms with E-state index in [4.69, 9.17) is 9.47 Å². The zero-order valence-electron chi connectivity index (χ0n) is 14.1. The molecule has 0 bridgehead atoms. The van der Waals surface area contributed by atoms with Gasteiger partial charge in [0.15, 0.2) is 5.82 Å². The van der Waals surface area contributed by atoms with Crippen LogP contribution in [0.15, 0.2) is 18.3 Å². The van der Waals surface area contributed by atoms with Gasteiger partial charge in [-0.2, -0.15) is 0 Å². The Balaban J connectivity index is 1.84. The molecule has 1 amide bonds. The first kappa shape index (κ1) is 16.4. The highest BCUT2D eigenvalue weighted by molar-refractivity contribution is 5.96. The first-order valence-corrected chi connectivity index (χ1v) is 7.85. The van der Waals surface area contributed by atoms with Crippen molar-refractivity contribution < 1.29 is 14.3 Å². The van der Waals surface area contributed by atoms with Crippen molar-refractivity contribution in [3.63, 3.8) is 0 Å². The summed E-state index contributed by atoms with van der Waals surface area (Å²) in [6, 6.07) is 3.48. The van der Waals surface area contributed by atoms with E-state index in [9.17, 15) is 4.79 Å². The lowest BCUT2D eigenvalue weighted by Gasteiger charge is -2.27. The predicted molar refractivity (Wildman–Crippen MR) is 85.7 cm³/mol. The van der Waals surface area contributed by atoms with Gasteiger partial charge in [0.2, 0.25) is 5.88 Å². The number of methoxy groups -OCH3 is 2. The molecule has 1 aliphatic rings. The van der Waals surface area contributed by atoms with E-state index in [2.05, 4.69) is 15.2 Å². The summed E-state index contributed by atoms with van der Waals surface area (Å²) in [6.45, 7) is 3.63. The maximum absolute atomic E-state index is 13.0. The average molecular weight is 331 g/mol. The van der Waals surface area contributed by atoms with E-state index in [1.165, 1.54) is 7.11 Å². The summed E-state index contributed by atoms with van der Waals surface area (Å²) >= 11 is 0. The lowest BCUT2D eigenvalue weighted by atomic mass is 10.1. The molecule has 3 heterocycles. The molecule has 8 nitrogen and oxygen atoms in total. The second kappa shape index (κ2) is 6.96. The lowest BCUT2D eigenvalue weighted by Crippen LogP contribution is -2.40. The zero-order chi connectivity index (χ0) is 17.1. The topological polar surface area (TPSA) is 82.4 Å². The van der Waals surface area contributed by atoms with Gasteiger partial charge in [0.1, 0.15) is 18.0 Å². The van der Waals surface area contributed by atoms with Gasteiger partial charge in [0.25, 0.3) is 5.91 Å². The van der Waals surface area contributed by atoms with Gasteiger partial charge in [0.05, 0.1) is 7.11 Å². The molecule has 0 aromatic carbocycles. The highest BCUT2D eigenvalue weighted by Crippen LogP contribution is 2.21. The van der Waals surface area contributed by atoms with Crippen molar-refractivity contribution in [2.24, 2.45) is 0 Å². The number of hydrogen-bond acceptors (Lipinski definition) is 6. The number of hydrogen-bond donors (Lipinski definition) is 0. The van der Waals surface area contributed by atoms with Crippen LogP contribution in [0.25, 0.3) is 0 Å². The SMILES string of the molecule is COCc1nnc2n1CCN(C(=O)c1cccnc1OC)[C@H](C)C2. The van der Waals surface area contributed by atoms with Crippen molar-refractivity contribution in [3.05, 3.63) is 35.5 Å². The van der Waals surface area contributed by atoms with E-state index in [0.717, 1.165) is 11.6 Å². The van der Waals surface area contributed by atoms with Gasteiger partial charge in [-0.05, 0) is 19.1 Å². The van der Waals surface area contributed by atoms with Crippen molar-refractivity contribution in [2.45, 2.75) is 32.5 Å². The third-order valence-corrected chi connectivity index (χ3v) is 4.21. The van der Waals surface area contributed by atoms with Crippen molar-refractivity contribution in [1.29, 1.82) is 0 Å². The van der Waals surface area contributed by atoms with Crippen LogP contribution in [0.4, 0.5) is 0 Å². The van der Waals surface area contributed by atoms with Crippen molar-refractivity contribution in [3.8, 4) is 5.88 Å². The maximum atomic E-state index is 13.0. The minimum absolute atomic E-state index is 0.00302. The van der Waals surface area contributed by atoms with Crippen LogP contribution in [-0.4, -0.2) is 57.4 Å².